The molecular weight excluding hydrogens is 386 g/mol. The van der Waals surface area contributed by atoms with Crippen LogP contribution in [0.25, 0.3) is 0 Å². The Labute approximate surface area is 176 Å². The number of ether oxygens (including phenoxy) is 3. The zero-order valence-corrected chi connectivity index (χ0v) is 17.3. The Bertz CT molecular complexity index is 864. The summed E-state index contributed by atoms with van der Waals surface area (Å²) in [5, 5.41) is 5.33. The highest BCUT2D eigenvalue weighted by Gasteiger charge is 2.13. The van der Waals surface area contributed by atoms with Crippen molar-refractivity contribution in [3.63, 3.8) is 0 Å². The molecule has 0 saturated carbocycles. The lowest BCUT2D eigenvalue weighted by Gasteiger charge is -2.28. The number of nitrogens with one attached hydrogen (secondary N) is 2. The number of morpholine rings is 1. The summed E-state index contributed by atoms with van der Waals surface area (Å²) in [7, 11) is 3.12. The first-order valence-electron chi connectivity index (χ1n) is 9.79. The molecule has 0 aliphatic carbocycles. The molecule has 2 aromatic rings. The SMILES string of the molecule is COc1ccc(CNC(=O)NCC(=O)c2ccc(N3CCOCC3)cc2)cc1OC. The summed E-state index contributed by atoms with van der Waals surface area (Å²) in [5.74, 6) is 1.06. The van der Waals surface area contributed by atoms with Crippen LogP contribution in [0.15, 0.2) is 42.5 Å². The van der Waals surface area contributed by atoms with Gasteiger partial charge in [-0.1, -0.05) is 6.07 Å². The highest BCUT2D eigenvalue weighted by Crippen LogP contribution is 2.27. The Morgan fingerprint density at radius 2 is 1.67 bits per heavy atom. The van der Waals surface area contributed by atoms with Gasteiger partial charge in [-0.3, -0.25) is 4.79 Å². The van der Waals surface area contributed by atoms with Gasteiger partial charge in [0.1, 0.15) is 0 Å². The van der Waals surface area contributed by atoms with Gasteiger partial charge in [-0.15, -0.1) is 0 Å². The summed E-state index contributed by atoms with van der Waals surface area (Å²) in [6.45, 7) is 3.33. The number of benzene rings is 2. The van der Waals surface area contributed by atoms with Crippen molar-refractivity contribution in [2.75, 3.05) is 52.0 Å². The maximum atomic E-state index is 12.4. The number of ketones is 1. The van der Waals surface area contributed by atoms with Crippen molar-refractivity contribution in [3.05, 3.63) is 53.6 Å². The summed E-state index contributed by atoms with van der Waals surface area (Å²) >= 11 is 0. The van der Waals surface area contributed by atoms with Crippen LogP contribution in [0.1, 0.15) is 15.9 Å². The molecule has 1 saturated heterocycles. The number of amides is 2. The van der Waals surface area contributed by atoms with E-state index in [1.165, 1.54) is 0 Å². The minimum atomic E-state index is -0.414. The first-order chi connectivity index (χ1) is 14.6. The smallest absolute Gasteiger partial charge is 0.315 e. The van der Waals surface area contributed by atoms with E-state index in [2.05, 4.69) is 15.5 Å². The van der Waals surface area contributed by atoms with Crippen molar-refractivity contribution < 1.29 is 23.8 Å². The molecule has 0 aromatic heterocycles. The van der Waals surface area contributed by atoms with E-state index >= 15 is 0 Å². The molecule has 2 aromatic carbocycles. The molecule has 0 radical (unpaired) electrons. The van der Waals surface area contributed by atoms with Gasteiger partial charge in [0.25, 0.3) is 0 Å². The highest BCUT2D eigenvalue weighted by molar-refractivity contribution is 5.99. The van der Waals surface area contributed by atoms with Crippen LogP contribution in [0.4, 0.5) is 10.5 Å². The molecule has 8 heteroatoms. The van der Waals surface area contributed by atoms with E-state index in [4.69, 9.17) is 14.2 Å². The summed E-state index contributed by atoms with van der Waals surface area (Å²) < 4.78 is 15.8. The second kappa shape index (κ2) is 10.5. The highest BCUT2D eigenvalue weighted by atomic mass is 16.5. The van der Waals surface area contributed by atoms with Crippen LogP contribution in [0.2, 0.25) is 0 Å². The van der Waals surface area contributed by atoms with Crippen LogP contribution in [-0.2, 0) is 11.3 Å². The van der Waals surface area contributed by atoms with Crippen molar-refractivity contribution in [1.29, 1.82) is 0 Å². The maximum absolute atomic E-state index is 12.4. The van der Waals surface area contributed by atoms with Crippen LogP contribution >= 0.6 is 0 Å². The van der Waals surface area contributed by atoms with Gasteiger partial charge >= 0.3 is 6.03 Å². The molecule has 1 aliphatic rings. The number of Topliss-reactive ketones (excluding diaryl/α,β-unsaturated/α-hetero) is 1. The Morgan fingerprint density at radius 3 is 2.33 bits per heavy atom. The third-order valence-electron chi connectivity index (χ3n) is 4.88. The van der Waals surface area contributed by atoms with Gasteiger partial charge in [-0.2, -0.15) is 0 Å². The number of carbonyl (C=O) groups excluding carboxylic acids is 2. The lowest BCUT2D eigenvalue weighted by Crippen LogP contribution is -2.38. The first kappa shape index (κ1) is 21.4. The number of anilines is 1. The van der Waals surface area contributed by atoms with Crippen LogP contribution in [0.3, 0.4) is 0 Å². The normalized spacial score (nSPS) is 13.5. The predicted octanol–water partition coefficient (Wildman–Crippen LogP) is 2.22. The van der Waals surface area contributed by atoms with Gasteiger partial charge in [0.05, 0.1) is 34.0 Å². The zero-order chi connectivity index (χ0) is 21.3. The average molecular weight is 413 g/mol. The van der Waals surface area contributed by atoms with Gasteiger partial charge in [0.2, 0.25) is 0 Å². The van der Waals surface area contributed by atoms with Crippen LogP contribution in [0.5, 0.6) is 11.5 Å². The Kier molecular flexibility index (Phi) is 7.51. The molecule has 1 aliphatic heterocycles. The fourth-order valence-corrected chi connectivity index (χ4v) is 3.18. The van der Waals surface area contributed by atoms with Crippen LogP contribution in [-0.4, -0.2) is 58.9 Å². The van der Waals surface area contributed by atoms with Crippen molar-refractivity contribution in [1.82, 2.24) is 10.6 Å². The average Bonchev–Trinajstić information content (AvgIpc) is 2.81. The minimum Gasteiger partial charge on any atom is -0.493 e. The van der Waals surface area contributed by atoms with E-state index in [9.17, 15) is 9.59 Å². The fourth-order valence-electron chi connectivity index (χ4n) is 3.18. The molecule has 1 fully saturated rings. The van der Waals surface area contributed by atoms with Crippen LogP contribution < -0.4 is 25.0 Å². The zero-order valence-electron chi connectivity index (χ0n) is 17.3. The Morgan fingerprint density at radius 1 is 0.967 bits per heavy atom. The first-order valence-corrected chi connectivity index (χ1v) is 9.79. The van der Waals surface area contributed by atoms with E-state index in [1.54, 1.807) is 38.5 Å². The fraction of sp³-hybridized carbons (Fsp3) is 0.364. The predicted molar refractivity (Wildman–Crippen MR) is 114 cm³/mol. The van der Waals surface area contributed by atoms with E-state index in [0.29, 0.717) is 36.8 Å². The van der Waals surface area contributed by atoms with E-state index in [0.717, 1.165) is 24.3 Å². The van der Waals surface area contributed by atoms with Gasteiger partial charge in [-0.05, 0) is 42.0 Å². The van der Waals surface area contributed by atoms with Gasteiger partial charge in [0.15, 0.2) is 17.3 Å². The van der Waals surface area contributed by atoms with E-state index in [1.807, 2.05) is 18.2 Å². The lowest BCUT2D eigenvalue weighted by molar-refractivity contribution is 0.0992. The summed E-state index contributed by atoms with van der Waals surface area (Å²) in [5.41, 5.74) is 2.48. The summed E-state index contributed by atoms with van der Waals surface area (Å²) in [4.78, 5) is 26.6. The van der Waals surface area contributed by atoms with Gasteiger partial charge < -0.3 is 29.7 Å². The van der Waals surface area contributed by atoms with Gasteiger partial charge in [0, 0.05) is 30.9 Å². The van der Waals surface area contributed by atoms with Crippen molar-refractivity contribution in [3.8, 4) is 11.5 Å². The molecule has 0 bridgehead atoms. The Hall–Kier alpha value is -3.26. The van der Waals surface area contributed by atoms with E-state index < -0.39 is 6.03 Å². The number of carbonyl (C=O) groups is 2. The van der Waals surface area contributed by atoms with Crippen LogP contribution in [0, 0.1) is 0 Å². The number of hydrogen-bond donors (Lipinski definition) is 2. The van der Waals surface area contributed by atoms with Crippen molar-refractivity contribution >= 4 is 17.5 Å². The number of methoxy groups -OCH3 is 2. The third-order valence-corrected chi connectivity index (χ3v) is 4.88. The quantitative estimate of drug-likeness (QED) is 0.645. The molecule has 0 spiro atoms. The molecule has 2 N–H and O–H groups in total. The molecule has 160 valence electrons. The molecule has 1 heterocycles. The van der Waals surface area contributed by atoms with E-state index in [-0.39, 0.29) is 12.3 Å². The van der Waals surface area contributed by atoms with Gasteiger partial charge in [-0.25, -0.2) is 4.79 Å². The second-order valence-electron chi connectivity index (χ2n) is 6.80. The molecule has 2 amide bonds. The largest absolute Gasteiger partial charge is 0.493 e. The lowest BCUT2D eigenvalue weighted by atomic mass is 10.1. The number of nitrogens with zero attached hydrogens (tertiary/aromatic N) is 1. The second-order valence-corrected chi connectivity index (χ2v) is 6.80. The maximum Gasteiger partial charge on any atom is 0.315 e. The van der Waals surface area contributed by atoms with Crippen molar-refractivity contribution in [2.24, 2.45) is 0 Å². The summed E-state index contributed by atoms with van der Waals surface area (Å²) in [6, 6.07) is 12.4. The standard InChI is InChI=1S/C22H27N3O5/c1-28-20-8-3-16(13-21(20)29-2)14-23-22(27)24-15-19(26)17-4-6-18(7-5-17)25-9-11-30-12-10-25/h3-8,13H,9-12,14-15H2,1-2H3,(H2,23,24,27). The monoisotopic (exact) mass is 413 g/mol. The third kappa shape index (κ3) is 5.64. The number of rotatable bonds is 8. The minimum absolute atomic E-state index is 0.0747. The topological polar surface area (TPSA) is 89.1 Å². The Balaban J connectivity index is 1.45. The molecule has 0 atom stereocenters. The molecule has 30 heavy (non-hydrogen) atoms. The molecular formula is C22H27N3O5. The van der Waals surface area contributed by atoms with Crippen molar-refractivity contribution in [2.45, 2.75) is 6.54 Å². The molecule has 3 rings (SSSR count). The number of hydrogen-bond acceptors (Lipinski definition) is 6. The molecule has 0 unspecified atom stereocenters. The summed E-state index contributed by atoms with van der Waals surface area (Å²) in [6.07, 6.45) is 0. The molecule has 8 nitrogen and oxygen atoms in total. The number of urea groups is 1.